The van der Waals surface area contributed by atoms with Crippen LogP contribution in [0.1, 0.15) is 31.2 Å². The minimum absolute atomic E-state index is 0.158. The molecule has 0 aliphatic carbocycles. The second kappa shape index (κ2) is 7.25. The van der Waals surface area contributed by atoms with Gasteiger partial charge < -0.3 is 15.5 Å². The van der Waals surface area contributed by atoms with Crippen LogP contribution in [0.2, 0.25) is 0 Å². The van der Waals surface area contributed by atoms with Crippen molar-refractivity contribution in [1.29, 1.82) is 0 Å². The molecular weight excluding hydrogens is 310 g/mol. The van der Waals surface area contributed by atoms with Crippen LogP contribution in [0.15, 0.2) is 18.2 Å². The number of hydrogen-bond donors (Lipinski definition) is 2. The number of amides is 3. The van der Waals surface area contributed by atoms with Gasteiger partial charge in [-0.15, -0.1) is 0 Å². The maximum Gasteiger partial charge on any atom is 0.319 e. The van der Waals surface area contributed by atoms with Crippen LogP contribution in [0.5, 0.6) is 0 Å². The number of rotatable bonds is 3. The summed E-state index contributed by atoms with van der Waals surface area (Å²) in [4.78, 5) is 26.0. The summed E-state index contributed by atoms with van der Waals surface area (Å²) in [6.45, 7) is 2.71. The van der Waals surface area contributed by atoms with Crippen LogP contribution in [-0.2, 0) is 4.79 Å². The van der Waals surface area contributed by atoms with Crippen molar-refractivity contribution in [3.63, 3.8) is 0 Å². The Bertz CT molecular complexity index is 600. The van der Waals surface area contributed by atoms with Gasteiger partial charge >= 0.3 is 6.03 Å². The molecule has 1 aromatic rings. The lowest BCUT2D eigenvalue weighted by molar-refractivity contribution is -0.117. The lowest BCUT2D eigenvalue weighted by atomic mass is 10.1. The molecule has 0 aromatic heterocycles. The molecule has 2 heterocycles. The van der Waals surface area contributed by atoms with E-state index in [-0.39, 0.29) is 18.0 Å². The van der Waals surface area contributed by atoms with Crippen LogP contribution in [0.3, 0.4) is 0 Å². The third kappa shape index (κ3) is 3.80. The first-order valence-electron chi connectivity index (χ1n) is 8.20. The molecule has 0 saturated carbocycles. The molecule has 0 spiro atoms. The Hall–Kier alpha value is -1.69. The van der Waals surface area contributed by atoms with Gasteiger partial charge in [0.05, 0.1) is 0 Å². The monoisotopic (exact) mass is 333 g/mol. The van der Waals surface area contributed by atoms with Crippen molar-refractivity contribution >= 4 is 35.1 Å². The summed E-state index contributed by atoms with van der Waals surface area (Å²) >= 11 is 1.94. The maximum absolute atomic E-state index is 12.2. The fourth-order valence-electron chi connectivity index (χ4n) is 3.14. The highest BCUT2D eigenvalue weighted by Gasteiger charge is 2.24. The largest absolute Gasteiger partial charge is 0.335 e. The number of hydrogen-bond acceptors (Lipinski definition) is 3. The number of urea groups is 1. The lowest BCUT2D eigenvalue weighted by Crippen LogP contribution is -2.40. The van der Waals surface area contributed by atoms with Crippen molar-refractivity contribution in [2.75, 3.05) is 28.3 Å². The normalized spacial score (nSPS) is 19.0. The number of benzene rings is 1. The highest BCUT2D eigenvalue weighted by atomic mass is 32.2. The Morgan fingerprint density at radius 3 is 2.78 bits per heavy atom. The molecule has 3 amide bonds. The van der Waals surface area contributed by atoms with E-state index in [1.165, 1.54) is 0 Å². The predicted molar refractivity (Wildman–Crippen MR) is 95.3 cm³/mol. The van der Waals surface area contributed by atoms with Crippen LogP contribution in [0, 0.1) is 6.92 Å². The first-order valence-corrected chi connectivity index (χ1v) is 9.36. The van der Waals surface area contributed by atoms with Gasteiger partial charge in [0, 0.05) is 30.4 Å². The Balaban J connectivity index is 1.67. The third-order valence-corrected chi connectivity index (χ3v) is 5.52. The number of carbonyl (C=O) groups excluding carboxylic acids is 2. The molecule has 2 N–H and O–H groups in total. The number of thioether (sulfide) groups is 1. The average molecular weight is 333 g/mol. The Morgan fingerprint density at radius 1 is 1.30 bits per heavy atom. The second-order valence-electron chi connectivity index (χ2n) is 6.08. The molecule has 2 aliphatic rings. The Morgan fingerprint density at radius 2 is 2.09 bits per heavy atom. The zero-order valence-electron chi connectivity index (χ0n) is 13.4. The van der Waals surface area contributed by atoms with Gasteiger partial charge in [-0.1, -0.05) is 6.07 Å². The molecule has 0 unspecified atom stereocenters. The maximum atomic E-state index is 12.2. The number of nitrogens with zero attached hydrogens (tertiary/aromatic N) is 1. The molecule has 0 atom stereocenters. The second-order valence-corrected chi connectivity index (χ2v) is 7.31. The van der Waals surface area contributed by atoms with Crippen LogP contribution < -0.4 is 15.5 Å². The summed E-state index contributed by atoms with van der Waals surface area (Å²) in [6.07, 6.45) is 3.56. The number of carbonyl (C=O) groups is 2. The van der Waals surface area contributed by atoms with Crippen molar-refractivity contribution in [3.05, 3.63) is 23.8 Å². The summed E-state index contributed by atoms with van der Waals surface area (Å²) < 4.78 is 0. The molecule has 2 fully saturated rings. The van der Waals surface area contributed by atoms with E-state index in [0.29, 0.717) is 6.42 Å². The van der Waals surface area contributed by atoms with Gasteiger partial charge in [0.15, 0.2) is 0 Å². The lowest BCUT2D eigenvalue weighted by Gasteiger charge is -2.24. The van der Waals surface area contributed by atoms with Gasteiger partial charge in [0.25, 0.3) is 0 Å². The molecule has 0 radical (unpaired) electrons. The van der Waals surface area contributed by atoms with Crippen molar-refractivity contribution in [3.8, 4) is 0 Å². The third-order valence-electron chi connectivity index (χ3n) is 4.47. The zero-order chi connectivity index (χ0) is 16.2. The van der Waals surface area contributed by atoms with Gasteiger partial charge in [0.1, 0.15) is 0 Å². The van der Waals surface area contributed by atoms with Crippen molar-refractivity contribution in [2.45, 2.75) is 38.6 Å². The predicted octanol–water partition coefficient (Wildman–Crippen LogP) is 3.14. The van der Waals surface area contributed by atoms with Crippen LogP contribution in [0.4, 0.5) is 16.2 Å². The summed E-state index contributed by atoms with van der Waals surface area (Å²) in [5.74, 6) is 2.38. The summed E-state index contributed by atoms with van der Waals surface area (Å²) in [5.41, 5.74) is 2.61. The average Bonchev–Trinajstić information content (AvgIpc) is 2.96. The van der Waals surface area contributed by atoms with E-state index in [1.54, 1.807) is 0 Å². The summed E-state index contributed by atoms with van der Waals surface area (Å²) in [5, 5.41) is 5.99. The Labute approximate surface area is 141 Å². The van der Waals surface area contributed by atoms with E-state index in [1.807, 2.05) is 41.8 Å². The quantitative estimate of drug-likeness (QED) is 0.893. The minimum atomic E-state index is -0.158. The molecular formula is C17H23N3O2S. The molecule has 6 heteroatoms. The van der Waals surface area contributed by atoms with Crippen LogP contribution in [0.25, 0.3) is 0 Å². The fourth-order valence-corrected chi connectivity index (χ4v) is 4.25. The molecule has 2 aliphatic heterocycles. The van der Waals surface area contributed by atoms with E-state index in [4.69, 9.17) is 0 Å². The van der Waals surface area contributed by atoms with E-state index in [2.05, 4.69) is 10.6 Å². The first kappa shape index (κ1) is 16.2. The topological polar surface area (TPSA) is 61.4 Å². The highest BCUT2D eigenvalue weighted by molar-refractivity contribution is 7.99. The smallest absolute Gasteiger partial charge is 0.319 e. The SMILES string of the molecule is Cc1c(NC(=O)NC2CCSCC2)cccc1N1CCCC1=O. The van der Waals surface area contributed by atoms with E-state index in [9.17, 15) is 9.59 Å². The molecule has 2 saturated heterocycles. The molecule has 1 aromatic carbocycles. The first-order chi connectivity index (χ1) is 11.1. The van der Waals surface area contributed by atoms with E-state index >= 15 is 0 Å². The van der Waals surface area contributed by atoms with Crippen molar-refractivity contribution < 1.29 is 9.59 Å². The number of anilines is 2. The van der Waals surface area contributed by atoms with Gasteiger partial charge in [-0.05, 0) is 55.4 Å². The molecule has 0 bridgehead atoms. The van der Waals surface area contributed by atoms with Crippen LogP contribution in [-0.4, -0.2) is 36.0 Å². The molecule has 124 valence electrons. The molecule has 5 nitrogen and oxygen atoms in total. The fraction of sp³-hybridized carbons (Fsp3) is 0.529. The molecule has 23 heavy (non-hydrogen) atoms. The van der Waals surface area contributed by atoms with Gasteiger partial charge in [-0.2, -0.15) is 11.8 Å². The van der Waals surface area contributed by atoms with Gasteiger partial charge in [0.2, 0.25) is 5.91 Å². The Kier molecular flexibility index (Phi) is 5.10. The zero-order valence-corrected chi connectivity index (χ0v) is 14.2. The minimum Gasteiger partial charge on any atom is -0.335 e. The van der Waals surface area contributed by atoms with E-state index < -0.39 is 0 Å². The highest BCUT2D eigenvalue weighted by Crippen LogP contribution is 2.29. The van der Waals surface area contributed by atoms with E-state index in [0.717, 1.165) is 54.3 Å². The number of nitrogens with one attached hydrogen (secondary N) is 2. The van der Waals surface area contributed by atoms with Crippen molar-refractivity contribution in [2.24, 2.45) is 0 Å². The standard InChI is InChI=1S/C17H23N3O2S/c1-12-14(19-17(22)18-13-7-10-23-11-8-13)4-2-5-15(12)20-9-3-6-16(20)21/h2,4-5,13H,3,6-11H2,1H3,(H2,18,19,22). The molecule has 3 rings (SSSR count). The summed E-state index contributed by atoms with van der Waals surface area (Å²) in [7, 11) is 0. The summed E-state index contributed by atoms with van der Waals surface area (Å²) in [6, 6.07) is 5.83. The van der Waals surface area contributed by atoms with Gasteiger partial charge in [-0.25, -0.2) is 4.79 Å². The van der Waals surface area contributed by atoms with Gasteiger partial charge in [-0.3, -0.25) is 4.79 Å². The van der Waals surface area contributed by atoms with Crippen molar-refractivity contribution in [1.82, 2.24) is 5.32 Å². The van der Waals surface area contributed by atoms with Crippen LogP contribution >= 0.6 is 11.8 Å².